The van der Waals surface area contributed by atoms with Gasteiger partial charge in [-0.05, 0) is 42.2 Å². The summed E-state index contributed by atoms with van der Waals surface area (Å²) in [5, 5.41) is 11.5. The van der Waals surface area contributed by atoms with Crippen LogP contribution in [0, 0.1) is 6.92 Å². The first-order valence-corrected chi connectivity index (χ1v) is 12.4. The minimum absolute atomic E-state index is 0.0874. The number of benzene rings is 1. The van der Waals surface area contributed by atoms with E-state index in [-0.39, 0.29) is 17.7 Å². The number of aryl methyl sites for hydroxylation is 1. The Morgan fingerprint density at radius 2 is 1.95 bits per heavy atom. The van der Waals surface area contributed by atoms with Crippen LogP contribution in [0.25, 0.3) is 0 Å². The van der Waals surface area contributed by atoms with Crippen molar-refractivity contribution in [3.8, 4) is 11.6 Å². The Morgan fingerprint density at radius 3 is 2.65 bits per heavy atom. The molecule has 1 fully saturated rings. The highest BCUT2D eigenvalue weighted by molar-refractivity contribution is 5.94. The molecule has 2 aromatic heterocycles. The molecule has 1 aliphatic heterocycles. The van der Waals surface area contributed by atoms with Gasteiger partial charge in [-0.25, -0.2) is 4.98 Å². The Bertz CT molecular complexity index is 1320. The lowest BCUT2D eigenvalue weighted by molar-refractivity contribution is -0.108. The number of rotatable bonds is 7. The number of anilines is 1. The summed E-state index contributed by atoms with van der Waals surface area (Å²) in [6.45, 7) is 3.46. The summed E-state index contributed by atoms with van der Waals surface area (Å²) in [6.07, 6.45) is 6.84. The van der Waals surface area contributed by atoms with Crippen molar-refractivity contribution in [2.24, 2.45) is 0 Å². The van der Waals surface area contributed by atoms with Crippen molar-refractivity contribution < 1.29 is 19.1 Å². The Morgan fingerprint density at radius 1 is 1.14 bits per heavy atom. The standard InChI is InChI=1S/C28H29N5O4/c1-18-15-25(28(35)30-24-9-7-19-5-3-4-6-22(19)23(24)17-34)31-32-27(18)33-13-11-20(12-14-33)37-21-8-10-26(36-2)29-16-21/h3-6,8-10,15-17,20,23H,7,11-14H2,1-2H3,(H,30,35)/t23-/m0/s1. The van der Waals surface area contributed by atoms with Crippen molar-refractivity contribution >= 4 is 18.0 Å². The van der Waals surface area contributed by atoms with E-state index in [0.717, 1.165) is 60.5 Å². The molecule has 3 heterocycles. The maximum absolute atomic E-state index is 13.0. The van der Waals surface area contributed by atoms with Crippen molar-refractivity contribution in [1.82, 2.24) is 20.5 Å². The van der Waals surface area contributed by atoms with Gasteiger partial charge in [0.2, 0.25) is 5.88 Å². The van der Waals surface area contributed by atoms with Gasteiger partial charge in [0.25, 0.3) is 5.91 Å². The fourth-order valence-electron chi connectivity index (χ4n) is 4.85. The zero-order valence-corrected chi connectivity index (χ0v) is 20.9. The maximum Gasteiger partial charge on any atom is 0.275 e. The molecule has 1 atom stereocenters. The van der Waals surface area contributed by atoms with Gasteiger partial charge in [0.05, 0.1) is 19.2 Å². The van der Waals surface area contributed by atoms with Crippen molar-refractivity contribution in [2.75, 3.05) is 25.1 Å². The zero-order valence-electron chi connectivity index (χ0n) is 20.9. The summed E-state index contributed by atoms with van der Waals surface area (Å²) in [5.74, 6) is 1.16. The van der Waals surface area contributed by atoms with Gasteiger partial charge >= 0.3 is 0 Å². The van der Waals surface area contributed by atoms with E-state index in [2.05, 4.69) is 25.4 Å². The maximum atomic E-state index is 13.0. The van der Waals surface area contributed by atoms with E-state index in [9.17, 15) is 9.59 Å². The summed E-state index contributed by atoms with van der Waals surface area (Å²) < 4.78 is 11.2. The molecule has 1 aromatic carbocycles. The van der Waals surface area contributed by atoms with Gasteiger partial charge in [0, 0.05) is 37.7 Å². The molecule has 0 radical (unpaired) electrons. The lowest BCUT2D eigenvalue weighted by Gasteiger charge is -2.33. The largest absolute Gasteiger partial charge is 0.489 e. The highest BCUT2D eigenvalue weighted by atomic mass is 16.5. The number of piperidine rings is 1. The van der Waals surface area contributed by atoms with Crippen LogP contribution < -0.4 is 19.7 Å². The topological polar surface area (TPSA) is 107 Å². The zero-order chi connectivity index (χ0) is 25.8. The minimum atomic E-state index is -0.501. The number of hydrogen-bond donors (Lipinski definition) is 1. The number of carbonyl (C=O) groups excluding carboxylic acids is 2. The number of hydrogen-bond acceptors (Lipinski definition) is 8. The summed E-state index contributed by atoms with van der Waals surface area (Å²) >= 11 is 0. The number of carbonyl (C=O) groups is 2. The minimum Gasteiger partial charge on any atom is -0.489 e. The third-order valence-corrected chi connectivity index (χ3v) is 6.81. The van der Waals surface area contributed by atoms with Gasteiger partial charge in [-0.3, -0.25) is 4.79 Å². The van der Waals surface area contributed by atoms with Crippen molar-refractivity contribution in [3.05, 3.63) is 82.8 Å². The van der Waals surface area contributed by atoms with Crippen LogP contribution >= 0.6 is 0 Å². The molecular weight excluding hydrogens is 470 g/mol. The van der Waals surface area contributed by atoms with Gasteiger partial charge in [0.15, 0.2) is 11.5 Å². The molecule has 0 bridgehead atoms. The van der Waals surface area contributed by atoms with Crippen LogP contribution in [0.5, 0.6) is 11.6 Å². The molecule has 1 amide bonds. The predicted octanol–water partition coefficient (Wildman–Crippen LogP) is 3.39. The normalized spacial score (nSPS) is 17.4. The number of fused-ring (bicyclic) bond motifs is 1. The molecule has 37 heavy (non-hydrogen) atoms. The van der Waals surface area contributed by atoms with Crippen LogP contribution in [-0.2, 0) is 11.2 Å². The number of nitrogens with zero attached hydrogens (tertiary/aromatic N) is 4. The Balaban J connectivity index is 1.20. The second-order valence-electron chi connectivity index (χ2n) is 9.21. The monoisotopic (exact) mass is 499 g/mol. The van der Waals surface area contributed by atoms with Gasteiger partial charge in [-0.1, -0.05) is 30.3 Å². The Hall–Kier alpha value is -4.27. The number of nitrogens with one attached hydrogen (secondary N) is 1. The molecule has 9 heteroatoms. The van der Waals surface area contributed by atoms with E-state index >= 15 is 0 Å². The van der Waals surface area contributed by atoms with Crippen LogP contribution in [0.15, 0.2) is 60.4 Å². The van der Waals surface area contributed by atoms with Crippen LogP contribution in [0.4, 0.5) is 5.82 Å². The molecule has 190 valence electrons. The smallest absolute Gasteiger partial charge is 0.275 e. The molecule has 3 aromatic rings. The average molecular weight is 500 g/mol. The quantitative estimate of drug-likeness (QED) is 0.493. The Labute approximate surface area is 215 Å². The molecule has 1 N–H and O–H groups in total. The van der Waals surface area contributed by atoms with Crippen LogP contribution in [-0.4, -0.2) is 53.7 Å². The molecule has 0 spiro atoms. The number of pyridine rings is 1. The number of ether oxygens (including phenoxy) is 2. The average Bonchev–Trinajstić information content (AvgIpc) is 2.94. The fourth-order valence-corrected chi connectivity index (χ4v) is 4.85. The molecule has 9 nitrogen and oxygen atoms in total. The van der Waals surface area contributed by atoms with E-state index in [4.69, 9.17) is 9.47 Å². The van der Waals surface area contributed by atoms with E-state index < -0.39 is 5.92 Å². The lowest BCUT2D eigenvalue weighted by Crippen LogP contribution is -2.39. The molecular formula is C28H29N5O4. The van der Waals surface area contributed by atoms with Gasteiger partial charge in [-0.15, -0.1) is 10.2 Å². The summed E-state index contributed by atoms with van der Waals surface area (Å²) in [4.78, 5) is 31.2. The van der Waals surface area contributed by atoms with E-state index in [1.54, 1.807) is 25.4 Å². The molecule has 5 rings (SSSR count). The lowest BCUT2D eigenvalue weighted by atomic mass is 9.86. The Kier molecular flexibility index (Phi) is 7.11. The number of aldehydes is 1. The molecule has 2 aliphatic rings. The van der Waals surface area contributed by atoms with E-state index in [0.29, 0.717) is 18.0 Å². The number of aromatic nitrogens is 3. The fraction of sp³-hybridized carbons (Fsp3) is 0.321. The third kappa shape index (κ3) is 5.30. The first kappa shape index (κ1) is 24.4. The van der Waals surface area contributed by atoms with Crippen molar-refractivity contribution in [2.45, 2.75) is 38.2 Å². The number of methoxy groups -OCH3 is 1. The van der Waals surface area contributed by atoms with Crippen LogP contribution in [0.1, 0.15) is 45.9 Å². The summed E-state index contributed by atoms with van der Waals surface area (Å²) in [6, 6.07) is 13.2. The first-order chi connectivity index (χ1) is 18.1. The van der Waals surface area contributed by atoms with Crippen LogP contribution in [0.3, 0.4) is 0 Å². The molecule has 1 saturated heterocycles. The highest BCUT2D eigenvalue weighted by Crippen LogP contribution is 2.30. The second kappa shape index (κ2) is 10.8. The first-order valence-electron chi connectivity index (χ1n) is 12.4. The van der Waals surface area contributed by atoms with Crippen molar-refractivity contribution in [3.63, 3.8) is 0 Å². The molecule has 0 unspecified atom stereocenters. The second-order valence-corrected chi connectivity index (χ2v) is 9.21. The molecule has 0 saturated carbocycles. The highest BCUT2D eigenvalue weighted by Gasteiger charge is 2.26. The molecule has 1 aliphatic carbocycles. The summed E-state index contributed by atoms with van der Waals surface area (Å²) in [5.41, 5.74) is 3.68. The number of allylic oxidation sites excluding steroid dienone is 2. The van der Waals surface area contributed by atoms with Gasteiger partial charge in [-0.2, -0.15) is 0 Å². The van der Waals surface area contributed by atoms with Crippen molar-refractivity contribution in [1.29, 1.82) is 0 Å². The third-order valence-electron chi connectivity index (χ3n) is 6.81. The SMILES string of the molecule is COc1ccc(OC2CCN(c3nnc(C(=O)NC4=CCc5ccccc5[C@@H]4C=O)cc3C)CC2)cn1. The van der Waals surface area contributed by atoms with Crippen LogP contribution in [0.2, 0.25) is 0 Å². The summed E-state index contributed by atoms with van der Waals surface area (Å²) in [7, 11) is 1.58. The van der Waals surface area contributed by atoms with Gasteiger partial charge < -0.3 is 24.5 Å². The van der Waals surface area contributed by atoms with E-state index in [1.807, 2.05) is 43.3 Å². The number of amides is 1. The predicted molar refractivity (Wildman–Crippen MR) is 138 cm³/mol. The van der Waals surface area contributed by atoms with Gasteiger partial charge in [0.1, 0.15) is 18.1 Å². The van der Waals surface area contributed by atoms with E-state index in [1.165, 1.54) is 0 Å².